The second kappa shape index (κ2) is 5.71. The maximum Gasteiger partial charge on any atom is 0.261 e. The number of aryl methyl sites for hydroxylation is 1. The van der Waals surface area contributed by atoms with E-state index in [2.05, 4.69) is 4.72 Å². The lowest BCUT2D eigenvalue weighted by Crippen LogP contribution is -2.13. The van der Waals surface area contributed by atoms with Crippen LogP contribution in [0.4, 0.5) is 15.8 Å². The summed E-state index contributed by atoms with van der Waals surface area (Å²) in [4.78, 5) is -0.00318. The predicted molar refractivity (Wildman–Crippen MR) is 82.8 cm³/mol. The molecule has 2 rings (SSSR count). The van der Waals surface area contributed by atoms with Crippen LogP contribution in [0.5, 0.6) is 0 Å². The number of hydrogen-bond acceptors (Lipinski definition) is 3. The molecule has 0 amide bonds. The molecule has 0 saturated carbocycles. The van der Waals surface area contributed by atoms with Crippen molar-refractivity contribution >= 4 is 44.6 Å². The third kappa shape index (κ3) is 3.58. The second-order valence-corrected chi connectivity index (χ2v) is 6.94. The summed E-state index contributed by atoms with van der Waals surface area (Å²) in [7, 11) is -3.87. The van der Waals surface area contributed by atoms with Crippen LogP contribution in [0.3, 0.4) is 0 Å². The van der Waals surface area contributed by atoms with E-state index in [0.717, 1.165) is 12.1 Å². The fourth-order valence-corrected chi connectivity index (χ4v) is 3.43. The largest absolute Gasteiger partial charge is 0.399 e. The molecule has 2 aromatic carbocycles. The van der Waals surface area contributed by atoms with Gasteiger partial charge in [-0.15, -0.1) is 0 Å². The molecule has 0 fully saturated rings. The molecular formula is C13H11Cl2FN2O2S. The van der Waals surface area contributed by atoms with E-state index in [-0.39, 0.29) is 20.6 Å². The standard InChI is InChI=1S/C13H11Cl2FN2O2S/c1-7-2-8(17)4-10(3-7)21(19,20)18-9-5-11(14)13(16)12(15)6-9/h2-6,18H,17H2,1H3. The van der Waals surface area contributed by atoms with E-state index < -0.39 is 15.8 Å². The molecule has 2 aromatic rings. The van der Waals surface area contributed by atoms with Crippen LogP contribution in [-0.4, -0.2) is 8.42 Å². The molecule has 0 heterocycles. The quantitative estimate of drug-likeness (QED) is 0.654. The Bertz CT molecular complexity index is 767. The SMILES string of the molecule is Cc1cc(N)cc(S(=O)(=O)Nc2cc(Cl)c(F)c(Cl)c2)c1. The zero-order valence-electron chi connectivity index (χ0n) is 10.8. The van der Waals surface area contributed by atoms with Crippen LogP contribution < -0.4 is 10.5 Å². The minimum atomic E-state index is -3.87. The molecule has 0 saturated heterocycles. The minimum absolute atomic E-state index is 0.00318. The predicted octanol–water partition coefficient (Wildman–Crippen LogP) is 3.82. The molecule has 0 spiro atoms. The lowest BCUT2D eigenvalue weighted by atomic mass is 10.2. The van der Waals surface area contributed by atoms with Gasteiger partial charge in [-0.3, -0.25) is 4.72 Å². The van der Waals surface area contributed by atoms with Crippen molar-refractivity contribution in [1.29, 1.82) is 0 Å². The van der Waals surface area contributed by atoms with Gasteiger partial charge in [0.1, 0.15) is 0 Å². The summed E-state index contributed by atoms with van der Waals surface area (Å²) in [5.41, 5.74) is 6.72. The summed E-state index contributed by atoms with van der Waals surface area (Å²) in [5, 5.41) is -0.548. The highest BCUT2D eigenvalue weighted by Gasteiger charge is 2.17. The number of halogens is 3. The van der Waals surface area contributed by atoms with Gasteiger partial charge in [0.2, 0.25) is 0 Å². The Morgan fingerprint density at radius 1 is 1.10 bits per heavy atom. The topological polar surface area (TPSA) is 72.2 Å². The monoisotopic (exact) mass is 348 g/mol. The molecule has 0 aliphatic rings. The van der Waals surface area contributed by atoms with Gasteiger partial charge in [0, 0.05) is 5.69 Å². The summed E-state index contributed by atoms with van der Waals surface area (Å²) in [6.07, 6.45) is 0. The van der Waals surface area contributed by atoms with E-state index in [4.69, 9.17) is 28.9 Å². The normalized spacial score (nSPS) is 11.4. The van der Waals surface area contributed by atoms with Crippen molar-refractivity contribution in [3.05, 3.63) is 51.8 Å². The fourth-order valence-electron chi connectivity index (χ4n) is 1.76. The van der Waals surface area contributed by atoms with Crippen molar-refractivity contribution in [1.82, 2.24) is 0 Å². The van der Waals surface area contributed by atoms with Gasteiger partial charge in [-0.25, -0.2) is 12.8 Å². The minimum Gasteiger partial charge on any atom is -0.399 e. The summed E-state index contributed by atoms with van der Waals surface area (Å²) in [5.74, 6) is -0.805. The maximum absolute atomic E-state index is 13.3. The summed E-state index contributed by atoms with van der Waals surface area (Å²) < 4.78 is 40.1. The van der Waals surface area contributed by atoms with Gasteiger partial charge in [-0.05, 0) is 42.8 Å². The molecule has 0 aromatic heterocycles. The van der Waals surface area contributed by atoms with Gasteiger partial charge < -0.3 is 5.73 Å². The summed E-state index contributed by atoms with van der Waals surface area (Å²) >= 11 is 11.3. The van der Waals surface area contributed by atoms with Gasteiger partial charge in [-0.1, -0.05) is 23.2 Å². The van der Waals surface area contributed by atoms with Crippen LogP contribution in [0.2, 0.25) is 10.0 Å². The van der Waals surface area contributed by atoms with Crippen LogP contribution >= 0.6 is 23.2 Å². The molecule has 3 N–H and O–H groups in total. The van der Waals surface area contributed by atoms with Gasteiger partial charge in [0.05, 0.1) is 20.6 Å². The molecule has 8 heteroatoms. The van der Waals surface area contributed by atoms with E-state index in [1.807, 2.05) is 0 Å². The first-order chi connectivity index (χ1) is 9.69. The van der Waals surface area contributed by atoms with E-state index in [1.165, 1.54) is 12.1 Å². The van der Waals surface area contributed by atoms with Crippen LogP contribution in [-0.2, 0) is 10.0 Å². The molecular weight excluding hydrogens is 338 g/mol. The summed E-state index contributed by atoms with van der Waals surface area (Å²) in [6.45, 7) is 1.72. The summed E-state index contributed by atoms with van der Waals surface area (Å²) in [6, 6.07) is 6.71. The molecule has 112 valence electrons. The number of sulfonamides is 1. The Hall–Kier alpha value is -1.50. The highest BCUT2D eigenvalue weighted by molar-refractivity contribution is 7.92. The lowest BCUT2D eigenvalue weighted by Gasteiger charge is -2.10. The first kappa shape index (κ1) is 15.9. The molecule has 0 aliphatic carbocycles. The second-order valence-electron chi connectivity index (χ2n) is 4.44. The molecule has 21 heavy (non-hydrogen) atoms. The Labute approximate surface area is 131 Å². The number of nitrogen functional groups attached to an aromatic ring is 1. The van der Waals surface area contributed by atoms with Crippen LogP contribution in [0, 0.1) is 12.7 Å². The van der Waals surface area contributed by atoms with Crippen molar-refractivity contribution in [3.8, 4) is 0 Å². The van der Waals surface area contributed by atoms with Gasteiger partial charge >= 0.3 is 0 Å². The van der Waals surface area contributed by atoms with Gasteiger partial charge in [0.15, 0.2) is 5.82 Å². The van der Waals surface area contributed by atoms with E-state index in [1.54, 1.807) is 13.0 Å². The van der Waals surface area contributed by atoms with Crippen molar-refractivity contribution in [2.24, 2.45) is 0 Å². The number of hydrogen-bond donors (Lipinski definition) is 2. The average Bonchev–Trinajstić information content (AvgIpc) is 2.34. The van der Waals surface area contributed by atoms with Crippen molar-refractivity contribution in [2.45, 2.75) is 11.8 Å². The van der Waals surface area contributed by atoms with Crippen LogP contribution in [0.1, 0.15) is 5.56 Å². The Morgan fingerprint density at radius 2 is 1.67 bits per heavy atom. The first-order valence-corrected chi connectivity index (χ1v) is 7.97. The average molecular weight is 349 g/mol. The van der Waals surface area contributed by atoms with Crippen molar-refractivity contribution < 1.29 is 12.8 Å². The maximum atomic E-state index is 13.3. The van der Waals surface area contributed by atoms with Gasteiger partial charge in [-0.2, -0.15) is 0 Å². The van der Waals surface area contributed by atoms with Crippen LogP contribution in [0.25, 0.3) is 0 Å². The Morgan fingerprint density at radius 3 is 2.19 bits per heavy atom. The highest BCUT2D eigenvalue weighted by Crippen LogP contribution is 2.29. The number of anilines is 2. The third-order valence-corrected chi connectivity index (χ3v) is 4.53. The molecule has 0 unspecified atom stereocenters. The first-order valence-electron chi connectivity index (χ1n) is 5.73. The smallest absolute Gasteiger partial charge is 0.261 e. The lowest BCUT2D eigenvalue weighted by molar-refractivity contribution is 0.601. The van der Waals surface area contributed by atoms with E-state index in [9.17, 15) is 12.8 Å². The third-order valence-electron chi connectivity index (χ3n) is 2.62. The van der Waals surface area contributed by atoms with E-state index in [0.29, 0.717) is 11.3 Å². The molecule has 0 aliphatic heterocycles. The van der Waals surface area contributed by atoms with Crippen molar-refractivity contribution in [2.75, 3.05) is 10.5 Å². The Kier molecular flexibility index (Phi) is 4.32. The fraction of sp³-hybridized carbons (Fsp3) is 0.0769. The molecule has 0 radical (unpaired) electrons. The highest BCUT2D eigenvalue weighted by atomic mass is 35.5. The number of benzene rings is 2. The number of nitrogens with two attached hydrogens (primary N) is 1. The zero-order valence-corrected chi connectivity index (χ0v) is 13.2. The molecule has 0 bridgehead atoms. The zero-order chi connectivity index (χ0) is 15.8. The Balaban J connectivity index is 2.42. The van der Waals surface area contributed by atoms with Crippen molar-refractivity contribution in [3.63, 3.8) is 0 Å². The molecule has 4 nitrogen and oxygen atoms in total. The van der Waals surface area contributed by atoms with Crippen LogP contribution in [0.15, 0.2) is 35.2 Å². The number of rotatable bonds is 3. The molecule has 0 atom stereocenters. The number of nitrogens with one attached hydrogen (secondary N) is 1. The van der Waals surface area contributed by atoms with E-state index >= 15 is 0 Å². The van der Waals surface area contributed by atoms with Gasteiger partial charge in [0.25, 0.3) is 10.0 Å².